The van der Waals surface area contributed by atoms with Crippen LogP contribution in [0.4, 0.5) is 0 Å². The van der Waals surface area contributed by atoms with Crippen LogP contribution in [-0.2, 0) is 4.74 Å². The van der Waals surface area contributed by atoms with Gasteiger partial charge in [0.25, 0.3) is 0 Å². The standard InChI is InChI=1S/C13H22O/c1-2-3-4-5-6-7-9-13-10-8-11-14-12-13/h8,10,12H,2-7,9,11H2,1H3. The molecule has 0 aliphatic carbocycles. The highest BCUT2D eigenvalue weighted by atomic mass is 16.5. The van der Waals surface area contributed by atoms with Gasteiger partial charge in [-0.1, -0.05) is 45.1 Å². The van der Waals surface area contributed by atoms with E-state index >= 15 is 0 Å². The van der Waals surface area contributed by atoms with Crippen LogP contribution in [0.5, 0.6) is 0 Å². The Balaban J connectivity index is 1.93. The van der Waals surface area contributed by atoms with Gasteiger partial charge < -0.3 is 4.74 Å². The Bertz CT molecular complexity index is 191. The molecule has 14 heavy (non-hydrogen) atoms. The van der Waals surface area contributed by atoms with Crippen LogP contribution in [0.3, 0.4) is 0 Å². The van der Waals surface area contributed by atoms with Crippen molar-refractivity contribution in [2.45, 2.75) is 51.9 Å². The Labute approximate surface area is 87.8 Å². The van der Waals surface area contributed by atoms with Crippen molar-refractivity contribution in [1.29, 1.82) is 0 Å². The Morgan fingerprint density at radius 1 is 1.14 bits per heavy atom. The van der Waals surface area contributed by atoms with Crippen molar-refractivity contribution < 1.29 is 4.74 Å². The molecule has 1 aliphatic rings. The molecule has 0 spiro atoms. The Morgan fingerprint density at radius 3 is 2.64 bits per heavy atom. The van der Waals surface area contributed by atoms with Crippen LogP contribution < -0.4 is 0 Å². The molecule has 1 heteroatoms. The minimum Gasteiger partial charge on any atom is -0.497 e. The highest BCUT2D eigenvalue weighted by molar-refractivity contribution is 5.18. The average molecular weight is 194 g/mol. The molecule has 0 fully saturated rings. The summed E-state index contributed by atoms with van der Waals surface area (Å²) in [4.78, 5) is 0. The lowest BCUT2D eigenvalue weighted by Crippen LogP contribution is -1.92. The third-order valence-corrected chi connectivity index (χ3v) is 2.58. The first-order valence-electron chi connectivity index (χ1n) is 5.90. The molecule has 0 bridgehead atoms. The molecule has 0 aromatic carbocycles. The zero-order valence-corrected chi connectivity index (χ0v) is 9.30. The van der Waals surface area contributed by atoms with Crippen molar-refractivity contribution in [3.05, 3.63) is 24.0 Å². The molecule has 80 valence electrons. The monoisotopic (exact) mass is 194 g/mol. The maximum atomic E-state index is 5.23. The van der Waals surface area contributed by atoms with Crippen LogP contribution in [-0.4, -0.2) is 6.61 Å². The summed E-state index contributed by atoms with van der Waals surface area (Å²) in [6, 6.07) is 0. The SMILES string of the molecule is CCCCCCCCC1=COCC=C1. The zero-order valence-electron chi connectivity index (χ0n) is 9.30. The zero-order chi connectivity index (χ0) is 10.1. The molecule has 0 saturated heterocycles. The number of allylic oxidation sites excluding steroid dienone is 2. The number of unbranched alkanes of at least 4 members (excludes halogenated alkanes) is 5. The summed E-state index contributed by atoms with van der Waals surface area (Å²) in [5, 5.41) is 0. The summed E-state index contributed by atoms with van der Waals surface area (Å²) in [6.07, 6.45) is 15.6. The predicted octanol–water partition coefficient (Wildman–Crippen LogP) is 4.21. The first-order chi connectivity index (χ1) is 6.93. The lowest BCUT2D eigenvalue weighted by atomic mass is 10.1. The summed E-state index contributed by atoms with van der Waals surface area (Å²) < 4.78 is 5.23. The topological polar surface area (TPSA) is 9.23 Å². The van der Waals surface area contributed by atoms with Gasteiger partial charge in [-0.05, 0) is 24.5 Å². The molecule has 1 aliphatic heterocycles. The third kappa shape index (κ3) is 5.11. The summed E-state index contributed by atoms with van der Waals surface area (Å²) in [5.74, 6) is 0. The fraction of sp³-hybridized carbons (Fsp3) is 0.692. The highest BCUT2D eigenvalue weighted by Gasteiger charge is 1.97. The second-order valence-electron chi connectivity index (χ2n) is 3.95. The van der Waals surface area contributed by atoms with Crippen LogP contribution in [0.15, 0.2) is 24.0 Å². The largest absolute Gasteiger partial charge is 0.497 e. The summed E-state index contributed by atoms with van der Waals surface area (Å²) in [7, 11) is 0. The normalized spacial score (nSPS) is 15.1. The van der Waals surface area contributed by atoms with Crippen molar-refractivity contribution in [1.82, 2.24) is 0 Å². The lowest BCUT2D eigenvalue weighted by Gasteiger charge is -2.07. The molecule has 1 nitrogen and oxygen atoms in total. The van der Waals surface area contributed by atoms with Crippen molar-refractivity contribution in [3.8, 4) is 0 Å². The van der Waals surface area contributed by atoms with Crippen LogP contribution in [0.25, 0.3) is 0 Å². The molecule has 1 heterocycles. The number of rotatable bonds is 7. The maximum Gasteiger partial charge on any atom is 0.106 e. The molecule has 0 N–H and O–H groups in total. The third-order valence-electron chi connectivity index (χ3n) is 2.58. The van der Waals surface area contributed by atoms with E-state index in [0.717, 1.165) is 6.61 Å². The van der Waals surface area contributed by atoms with E-state index in [0.29, 0.717) is 0 Å². The van der Waals surface area contributed by atoms with Gasteiger partial charge in [0, 0.05) is 0 Å². The van der Waals surface area contributed by atoms with E-state index in [2.05, 4.69) is 19.1 Å². The second kappa shape index (κ2) is 7.66. The molecular weight excluding hydrogens is 172 g/mol. The van der Waals surface area contributed by atoms with Gasteiger partial charge in [0.05, 0.1) is 6.26 Å². The Kier molecular flexibility index (Phi) is 6.21. The number of ether oxygens (including phenoxy) is 1. The van der Waals surface area contributed by atoms with E-state index in [9.17, 15) is 0 Å². The lowest BCUT2D eigenvalue weighted by molar-refractivity contribution is 0.281. The fourth-order valence-electron chi connectivity index (χ4n) is 1.70. The van der Waals surface area contributed by atoms with Gasteiger partial charge in [0.15, 0.2) is 0 Å². The van der Waals surface area contributed by atoms with E-state index in [-0.39, 0.29) is 0 Å². The van der Waals surface area contributed by atoms with E-state index in [4.69, 9.17) is 4.74 Å². The van der Waals surface area contributed by atoms with E-state index in [1.165, 1.54) is 50.5 Å². The van der Waals surface area contributed by atoms with Gasteiger partial charge in [-0.3, -0.25) is 0 Å². The molecule has 1 rings (SSSR count). The van der Waals surface area contributed by atoms with E-state index in [1.54, 1.807) is 0 Å². The molecule has 0 aromatic rings. The second-order valence-corrected chi connectivity index (χ2v) is 3.95. The van der Waals surface area contributed by atoms with Crippen LogP contribution in [0.2, 0.25) is 0 Å². The quantitative estimate of drug-likeness (QED) is 0.552. The molecule has 0 amide bonds. The van der Waals surface area contributed by atoms with Gasteiger partial charge in [0.2, 0.25) is 0 Å². The summed E-state index contributed by atoms with van der Waals surface area (Å²) in [5.41, 5.74) is 1.35. The predicted molar refractivity (Wildman–Crippen MR) is 61.2 cm³/mol. The highest BCUT2D eigenvalue weighted by Crippen LogP contribution is 2.14. The molecule has 0 unspecified atom stereocenters. The maximum absolute atomic E-state index is 5.23. The molecule has 0 radical (unpaired) electrons. The summed E-state index contributed by atoms with van der Waals surface area (Å²) in [6.45, 7) is 3.01. The first-order valence-corrected chi connectivity index (χ1v) is 5.90. The first kappa shape index (κ1) is 11.4. The molecule has 0 saturated carbocycles. The number of hydrogen-bond acceptors (Lipinski definition) is 1. The van der Waals surface area contributed by atoms with Gasteiger partial charge in [-0.2, -0.15) is 0 Å². The smallest absolute Gasteiger partial charge is 0.106 e. The molecule has 0 aromatic heterocycles. The van der Waals surface area contributed by atoms with Crippen LogP contribution >= 0.6 is 0 Å². The van der Waals surface area contributed by atoms with Gasteiger partial charge in [-0.25, -0.2) is 0 Å². The average Bonchev–Trinajstić information content (AvgIpc) is 2.25. The van der Waals surface area contributed by atoms with E-state index in [1.807, 2.05) is 6.26 Å². The molecular formula is C13H22O. The van der Waals surface area contributed by atoms with Gasteiger partial charge in [-0.15, -0.1) is 0 Å². The van der Waals surface area contributed by atoms with Crippen molar-refractivity contribution in [2.24, 2.45) is 0 Å². The van der Waals surface area contributed by atoms with Crippen molar-refractivity contribution in [3.63, 3.8) is 0 Å². The van der Waals surface area contributed by atoms with Crippen molar-refractivity contribution >= 4 is 0 Å². The minimum absolute atomic E-state index is 0.750. The van der Waals surface area contributed by atoms with Crippen LogP contribution in [0.1, 0.15) is 51.9 Å². The molecule has 0 atom stereocenters. The van der Waals surface area contributed by atoms with Gasteiger partial charge >= 0.3 is 0 Å². The fourth-order valence-corrected chi connectivity index (χ4v) is 1.70. The van der Waals surface area contributed by atoms with Crippen molar-refractivity contribution in [2.75, 3.05) is 6.61 Å². The van der Waals surface area contributed by atoms with Crippen LogP contribution in [0, 0.1) is 0 Å². The summed E-state index contributed by atoms with van der Waals surface area (Å²) >= 11 is 0. The van der Waals surface area contributed by atoms with E-state index < -0.39 is 0 Å². The Morgan fingerprint density at radius 2 is 1.93 bits per heavy atom. The number of hydrogen-bond donors (Lipinski definition) is 0. The minimum atomic E-state index is 0.750. The Hall–Kier alpha value is -0.720. The van der Waals surface area contributed by atoms with Gasteiger partial charge in [0.1, 0.15) is 6.61 Å².